The van der Waals surface area contributed by atoms with E-state index in [1.54, 1.807) is 18.7 Å². The highest BCUT2D eigenvalue weighted by Gasteiger charge is 2.23. The normalized spacial score (nSPS) is 12.0. The molecule has 0 aliphatic heterocycles. The molecule has 0 fully saturated rings. The summed E-state index contributed by atoms with van der Waals surface area (Å²) in [5.74, 6) is 0. The maximum atomic E-state index is 12.5. The largest absolute Gasteiger partial charge is 0.390 e. The van der Waals surface area contributed by atoms with Gasteiger partial charge in [0.2, 0.25) is 10.0 Å². The lowest BCUT2D eigenvalue weighted by atomic mass is 10.2. The van der Waals surface area contributed by atoms with E-state index in [4.69, 9.17) is 0 Å². The molecule has 0 aliphatic carbocycles. The Kier molecular flexibility index (Phi) is 4.88. The van der Waals surface area contributed by atoms with Gasteiger partial charge < -0.3 is 9.67 Å². The summed E-state index contributed by atoms with van der Waals surface area (Å²) in [4.78, 5) is 0.184. The van der Waals surface area contributed by atoms with Crippen molar-refractivity contribution >= 4 is 26.0 Å². The minimum Gasteiger partial charge on any atom is -0.390 e. The highest BCUT2D eigenvalue weighted by molar-refractivity contribution is 9.10. The molecule has 0 saturated carbocycles. The quantitative estimate of drug-likeness (QED) is 0.873. The lowest BCUT2D eigenvalue weighted by Gasteiger charge is -2.17. The van der Waals surface area contributed by atoms with Crippen LogP contribution < -0.4 is 0 Å². The van der Waals surface area contributed by atoms with E-state index in [1.807, 2.05) is 24.3 Å². The molecule has 0 bridgehead atoms. The van der Waals surface area contributed by atoms with Crippen molar-refractivity contribution in [1.82, 2.24) is 8.87 Å². The van der Waals surface area contributed by atoms with Crippen LogP contribution in [0.15, 0.2) is 45.9 Å². The fourth-order valence-corrected chi connectivity index (χ4v) is 3.66. The summed E-state index contributed by atoms with van der Waals surface area (Å²) in [6.45, 7) is 0.0765. The molecule has 0 unspecified atom stereocenters. The van der Waals surface area contributed by atoms with Crippen LogP contribution in [0, 0.1) is 0 Å². The van der Waals surface area contributed by atoms with Crippen LogP contribution in [0.1, 0.15) is 11.3 Å². The summed E-state index contributed by atoms with van der Waals surface area (Å²) in [5.41, 5.74) is 1.45. The van der Waals surface area contributed by atoms with Gasteiger partial charge in [0.1, 0.15) is 4.90 Å². The molecule has 1 aromatic heterocycles. The number of rotatable bonds is 5. The SMILES string of the molecule is CN(Cc1ccccc1Br)S(=O)(=O)c1cc(CO)n(C)c1. The molecule has 1 N–H and O–H groups in total. The third-order valence-electron chi connectivity index (χ3n) is 3.30. The fraction of sp³-hybridized carbons (Fsp3) is 0.286. The van der Waals surface area contributed by atoms with Crippen molar-refractivity contribution < 1.29 is 13.5 Å². The maximum Gasteiger partial charge on any atom is 0.244 e. The Morgan fingerprint density at radius 3 is 2.57 bits per heavy atom. The number of aromatic nitrogens is 1. The second kappa shape index (κ2) is 6.31. The van der Waals surface area contributed by atoms with E-state index in [-0.39, 0.29) is 18.0 Å². The van der Waals surface area contributed by atoms with Gasteiger partial charge >= 0.3 is 0 Å². The van der Waals surface area contributed by atoms with Crippen LogP contribution in [0.3, 0.4) is 0 Å². The Balaban J connectivity index is 2.28. The van der Waals surface area contributed by atoms with Crippen molar-refractivity contribution in [3.8, 4) is 0 Å². The average Bonchev–Trinajstić information content (AvgIpc) is 2.83. The molecule has 2 aromatic rings. The molecule has 0 saturated heterocycles. The van der Waals surface area contributed by atoms with E-state index in [1.165, 1.54) is 16.6 Å². The third kappa shape index (κ3) is 3.37. The van der Waals surface area contributed by atoms with Gasteiger partial charge in [0, 0.05) is 37.0 Å². The Hall–Kier alpha value is -1.15. The lowest BCUT2D eigenvalue weighted by molar-refractivity contribution is 0.272. The zero-order valence-electron chi connectivity index (χ0n) is 11.8. The van der Waals surface area contributed by atoms with Crippen molar-refractivity contribution in [3.63, 3.8) is 0 Å². The van der Waals surface area contributed by atoms with Gasteiger partial charge in [-0.3, -0.25) is 0 Å². The van der Waals surface area contributed by atoms with E-state index in [0.29, 0.717) is 5.69 Å². The minimum atomic E-state index is -3.59. The average molecular weight is 373 g/mol. The Morgan fingerprint density at radius 1 is 1.33 bits per heavy atom. The van der Waals surface area contributed by atoms with Crippen LogP contribution in [-0.2, 0) is 30.2 Å². The third-order valence-corrected chi connectivity index (χ3v) is 5.85. The number of aliphatic hydroxyl groups excluding tert-OH is 1. The number of aliphatic hydroxyl groups is 1. The van der Waals surface area contributed by atoms with Gasteiger partial charge in [-0.25, -0.2) is 8.42 Å². The van der Waals surface area contributed by atoms with E-state index in [0.717, 1.165) is 10.0 Å². The summed E-state index contributed by atoms with van der Waals surface area (Å²) < 4.78 is 28.9. The van der Waals surface area contributed by atoms with Crippen molar-refractivity contribution in [3.05, 3.63) is 52.3 Å². The summed E-state index contributed by atoms with van der Waals surface area (Å²) >= 11 is 3.42. The molecule has 114 valence electrons. The van der Waals surface area contributed by atoms with E-state index >= 15 is 0 Å². The molecule has 0 spiro atoms. The summed E-state index contributed by atoms with van der Waals surface area (Å²) in [7, 11) is -0.336. The zero-order valence-corrected chi connectivity index (χ0v) is 14.2. The molecule has 0 aliphatic rings. The molecule has 0 amide bonds. The van der Waals surface area contributed by atoms with Crippen molar-refractivity contribution in [2.45, 2.75) is 18.0 Å². The van der Waals surface area contributed by atoms with Gasteiger partial charge in [0.15, 0.2) is 0 Å². The maximum absolute atomic E-state index is 12.5. The molecular formula is C14H17BrN2O3S. The van der Waals surface area contributed by atoms with Crippen LogP contribution in [0.5, 0.6) is 0 Å². The smallest absolute Gasteiger partial charge is 0.244 e. The number of hydrogen-bond donors (Lipinski definition) is 1. The van der Waals surface area contributed by atoms with Crippen molar-refractivity contribution in [2.24, 2.45) is 7.05 Å². The first-order chi connectivity index (χ1) is 9.86. The molecule has 0 radical (unpaired) electrons. The Labute approximate surface area is 133 Å². The first-order valence-corrected chi connectivity index (χ1v) is 8.55. The van der Waals surface area contributed by atoms with Crippen LogP contribution in [0.4, 0.5) is 0 Å². The standard InChI is InChI=1S/C14H17BrN2O3S/c1-16-9-13(7-12(16)10-18)21(19,20)17(2)8-11-5-3-4-6-14(11)15/h3-7,9,18H,8,10H2,1-2H3. The zero-order chi connectivity index (χ0) is 15.6. The number of benzene rings is 1. The monoisotopic (exact) mass is 372 g/mol. The number of sulfonamides is 1. The van der Waals surface area contributed by atoms with Crippen LogP contribution in [0.25, 0.3) is 0 Å². The van der Waals surface area contributed by atoms with Crippen molar-refractivity contribution in [1.29, 1.82) is 0 Å². The summed E-state index contributed by atoms with van der Waals surface area (Å²) in [6, 6.07) is 8.99. The molecule has 0 atom stereocenters. The van der Waals surface area contributed by atoms with Gasteiger partial charge in [0.05, 0.1) is 6.61 Å². The van der Waals surface area contributed by atoms with E-state index in [2.05, 4.69) is 15.9 Å². The van der Waals surface area contributed by atoms with Gasteiger partial charge in [-0.1, -0.05) is 34.1 Å². The van der Waals surface area contributed by atoms with E-state index < -0.39 is 10.0 Å². The molecule has 2 rings (SSSR count). The molecule has 7 heteroatoms. The Morgan fingerprint density at radius 2 is 2.00 bits per heavy atom. The van der Waals surface area contributed by atoms with Gasteiger partial charge in [0.25, 0.3) is 0 Å². The highest BCUT2D eigenvalue weighted by atomic mass is 79.9. The first kappa shape index (κ1) is 16.2. The second-order valence-electron chi connectivity index (χ2n) is 4.79. The first-order valence-electron chi connectivity index (χ1n) is 6.32. The van der Waals surface area contributed by atoms with Gasteiger partial charge in [-0.15, -0.1) is 0 Å². The number of halogens is 1. The second-order valence-corrected chi connectivity index (χ2v) is 7.69. The minimum absolute atomic E-state index is 0.184. The van der Waals surface area contributed by atoms with Crippen molar-refractivity contribution in [2.75, 3.05) is 7.05 Å². The van der Waals surface area contributed by atoms with Crippen LogP contribution >= 0.6 is 15.9 Å². The molecule has 1 aromatic carbocycles. The topological polar surface area (TPSA) is 62.5 Å². The summed E-state index contributed by atoms with van der Waals surface area (Å²) in [6.07, 6.45) is 1.51. The molecule has 5 nitrogen and oxygen atoms in total. The van der Waals surface area contributed by atoms with Crippen LogP contribution in [0.2, 0.25) is 0 Å². The lowest BCUT2D eigenvalue weighted by Crippen LogP contribution is -2.26. The summed E-state index contributed by atoms with van der Waals surface area (Å²) in [5, 5.41) is 9.17. The number of hydrogen-bond acceptors (Lipinski definition) is 3. The van der Waals surface area contributed by atoms with Gasteiger partial charge in [-0.05, 0) is 17.7 Å². The fourth-order valence-electron chi connectivity index (χ4n) is 2.01. The molecule has 21 heavy (non-hydrogen) atoms. The number of aryl methyl sites for hydroxylation is 1. The predicted octanol–water partition coefficient (Wildman–Crippen LogP) is 2.10. The van der Waals surface area contributed by atoms with Gasteiger partial charge in [-0.2, -0.15) is 4.31 Å². The predicted molar refractivity (Wildman–Crippen MR) is 84.1 cm³/mol. The Bertz CT molecular complexity index is 740. The molecule has 1 heterocycles. The van der Waals surface area contributed by atoms with E-state index in [9.17, 15) is 13.5 Å². The molecular weight excluding hydrogens is 356 g/mol. The number of nitrogens with zero attached hydrogens (tertiary/aromatic N) is 2. The van der Waals surface area contributed by atoms with Crippen LogP contribution in [-0.4, -0.2) is 29.4 Å². The highest BCUT2D eigenvalue weighted by Crippen LogP contribution is 2.22.